The highest BCUT2D eigenvalue weighted by Gasteiger charge is 2.32. The van der Waals surface area contributed by atoms with Crippen molar-refractivity contribution in [1.82, 2.24) is 15.7 Å². The molecule has 5 nitrogen and oxygen atoms in total. The molecule has 0 saturated carbocycles. The summed E-state index contributed by atoms with van der Waals surface area (Å²) in [7, 11) is 0. The molecule has 1 fully saturated rings. The Balaban J connectivity index is 1.46. The first-order valence-corrected chi connectivity index (χ1v) is 11.3. The van der Waals surface area contributed by atoms with Crippen LogP contribution >= 0.6 is 11.6 Å². The van der Waals surface area contributed by atoms with Crippen LogP contribution in [0.5, 0.6) is 0 Å². The van der Waals surface area contributed by atoms with Crippen LogP contribution in [0.3, 0.4) is 0 Å². The second-order valence-electron chi connectivity index (χ2n) is 8.87. The quantitative estimate of drug-likeness (QED) is 0.498. The molecule has 3 rings (SSSR count). The number of likely N-dealkylation sites (tertiary alicyclic amines) is 1. The van der Waals surface area contributed by atoms with Crippen molar-refractivity contribution in [2.45, 2.75) is 70.3 Å². The van der Waals surface area contributed by atoms with Crippen LogP contribution in [-0.4, -0.2) is 47.9 Å². The molecule has 0 aromatic rings. The van der Waals surface area contributed by atoms with Gasteiger partial charge in [-0.25, -0.2) is 0 Å². The van der Waals surface area contributed by atoms with Crippen LogP contribution in [-0.2, 0) is 9.63 Å². The molecule has 0 aromatic heterocycles. The Labute approximate surface area is 174 Å². The van der Waals surface area contributed by atoms with Crippen molar-refractivity contribution in [3.8, 4) is 0 Å². The maximum Gasteiger partial charge on any atom is 0.239 e. The summed E-state index contributed by atoms with van der Waals surface area (Å²) in [6, 6.07) is 0.128. The normalized spacial score (nSPS) is 29.7. The highest BCUT2D eigenvalue weighted by atomic mass is 35.5. The van der Waals surface area contributed by atoms with Crippen LogP contribution < -0.4 is 10.8 Å². The fourth-order valence-electron chi connectivity index (χ4n) is 4.55. The number of rotatable bonds is 7. The van der Waals surface area contributed by atoms with Gasteiger partial charge in [-0.2, -0.15) is 5.48 Å². The Morgan fingerprint density at radius 1 is 1.29 bits per heavy atom. The maximum atomic E-state index is 13.1. The number of hydroxylamine groups is 1. The van der Waals surface area contributed by atoms with Crippen LogP contribution in [0.15, 0.2) is 24.0 Å². The fourth-order valence-corrected chi connectivity index (χ4v) is 4.76. The Kier molecular flexibility index (Phi) is 7.84. The van der Waals surface area contributed by atoms with E-state index in [1.807, 2.05) is 0 Å². The molecule has 2 aliphatic heterocycles. The summed E-state index contributed by atoms with van der Waals surface area (Å²) in [6.07, 6.45) is 11.8. The third-order valence-corrected chi connectivity index (χ3v) is 6.64. The zero-order valence-electron chi connectivity index (χ0n) is 17.5. The first-order chi connectivity index (χ1) is 13.4. The Hall–Kier alpha value is -1.04. The summed E-state index contributed by atoms with van der Waals surface area (Å²) in [5.41, 5.74) is 2.93. The van der Waals surface area contributed by atoms with Gasteiger partial charge in [0.2, 0.25) is 5.91 Å². The van der Waals surface area contributed by atoms with E-state index in [2.05, 4.69) is 54.7 Å². The third-order valence-electron chi connectivity index (χ3n) is 6.28. The highest BCUT2D eigenvalue weighted by Crippen LogP contribution is 2.33. The van der Waals surface area contributed by atoms with Gasteiger partial charge in [0.25, 0.3) is 0 Å². The van der Waals surface area contributed by atoms with Gasteiger partial charge < -0.3 is 15.1 Å². The lowest BCUT2D eigenvalue weighted by molar-refractivity contribution is -0.136. The van der Waals surface area contributed by atoms with Crippen molar-refractivity contribution in [2.75, 3.05) is 19.6 Å². The number of carbonyl (C=O) groups excluding carboxylic acids is 1. The number of carbonyl (C=O) groups is 1. The molecule has 4 atom stereocenters. The Morgan fingerprint density at radius 3 is 2.61 bits per heavy atom. The molecule has 1 aliphatic carbocycles. The molecule has 3 aliphatic rings. The van der Waals surface area contributed by atoms with Crippen molar-refractivity contribution in [3.63, 3.8) is 0 Å². The number of hydrogen-bond donors (Lipinski definition) is 2. The van der Waals surface area contributed by atoms with Crippen molar-refractivity contribution in [2.24, 2.45) is 17.8 Å². The van der Waals surface area contributed by atoms with E-state index in [0.717, 1.165) is 51.1 Å². The number of piperidine rings is 1. The molecule has 3 unspecified atom stereocenters. The Morgan fingerprint density at radius 2 is 2.04 bits per heavy atom. The van der Waals surface area contributed by atoms with Crippen LogP contribution in [0.1, 0.15) is 52.9 Å². The van der Waals surface area contributed by atoms with Gasteiger partial charge in [0.1, 0.15) is 5.76 Å². The topological polar surface area (TPSA) is 53.6 Å². The minimum absolute atomic E-state index is 0.129. The minimum atomic E-state index is -0.129. The molecule has 1 saturated heterocycles. The summed E-state index contributed by atoms with van der Waals surface area (Å²) in [6.45, 7) is 8.79. The van der Waals surface area contributed by atoms with Crippen molar-refractivity contribution >= 4 is 17.5 Å². The molecule has 28 heavy (non-hydrogen) atoms. The third kappa shape index (κ3) is 5.74. The van der Waals surface area contributed by atoms with Crippen LogP contribution in [0, 0.1) is 17.8 Å². The summed E-state index contributed by atoms with van der Waals surface area (Å²) in [4.78, 5) is 20.6. The predicted molar refractivity (Wildman–Crippen MR) is 114 cm³/mol. The number of alkyl halides is 1. The zero-order chi connectivity index (χ0) is 20.1. The average molecular weight is 410 g/mol. The SMILES string of the molecule is CC1C=C(CCN[C@@H](C(=O)N2CCC(C3C=CC(Cl)CC3)CC2)C(C)C)ON1. The summed E-state index contributed by atoms with van der Waals surface area (Å²) < 4.78 is 0. The summed E-state index contributed by atoms with van der Waals surface area (Å²) >= 11 is 6.18. The van der Waals surface area contributed by atoms with Crippen molar-refractivity contribution in [3.05, 3.63) is 24.0 Å². The smallest absolute Gasteiger partial charge is 0.239 e. The number of hydrogen-bond acceptors (Lipinski definition) is 4. The summed E-state index contributed by atoms with van der Waals surface area (Å²) in [5.74, 6) is 2.80. The fraction of sp³-hybridized carbons (Fsp3) is 0.773. The van der Waals surface area contributed by atoms with Gasteiger partial charge in [-0.15, -0.1) is 11.6 Å². The number of nitrogens with one attached hydrogen (secondary N) is 2. The molecule has 2 N–H and O–H groups in total. The maximum absolute atomic E-state index is 13.1. The van der Waals surface area contributed by atoms with E-state index in [-0.39, 0.29) is 29.3 Å². The molecular formula is C22H36ClN3O2. The Bertz CT molecular complexity index is 584. The monoisotopic (exact) mass is 409 g/mol. The standard InChI is InChI=1S/C22H36ClN3O2/c1-15(2)21(24-11-8-20-14-16(3)25-28-20)22(27)26-12-9-18(10-13-26)17-4-6-19(23)7-5-17/h4,6,14-19,21,24-25H,5,7-13H2,1-3H3/t16?,17?,19?,21-/m1/s1. The van der Waals surface area contributed by atoms with Gasteiger partial charge >= 0.3 is 0 Å². The van der Waals surface area contributed by atoms with E-state index in [9.17, 15) is 4.79 Å². The highest BCUT2D eigenvalue weighted by molar-refractivity contribution is 6.21. The molecule has 0 aromatic carbocycles. The van der Waals surface area contributed by atoms with Crippen molar-refractivity contribution in [1.29, 1.82) is 0 Å². The van der Waals surface area contributed by atoms with Gasteiger partial charge in [-0.3, -0.25) is 4.79 Å². The lowest BCUT2D eigenvalue weighted by Gasteiger charge is -2.38. The van der Waals surface area contributed by atoms with E-state index < -0.39 is 0 Å². The molecular weight excluding hydrogens is 374 g/mol. The van der Waals surface area contributed by atoms with E-state index in [4.69, 9.17) is 16.4 Å². The van der Waals surface area contributed by atoms with Gasteiger partial charge in [-0.05, 0) is 56.4 Å². The molecule has 0 spiro atoms. The lowest BCUT2D eigenvalue weighted by atomic mass is 9.79. The van der Waals surface area contributed by atoms with E-state index in [0.29, 0.717) is 11.8 Å². The molecule has 2 heterocycles. The molecule has 158 valence electrons. The minimum Gasteiger partial charge on any atom is -0.413 e. The van der Waals surface area contributed by atoms with E-state index in [1.54, 1.807) is 0 Å². The van der Waals surface area contributed by atoms with Crippen LogP contribution in [0.25, 0.3) is 0 Å². The van der Waals surface area contributed by atoms with Gasteiger partial charge in [0.05, 0.1) is 17.5 Å². The molecule has 1 amide bonds. The predicted octanol–water partition coefficient (Wildman–Crippen LogP) is 3.61. The lowest BCUT2D eigenvalue weighted by Crippen LogP contribution is -2.52. The first-order valence-electron chi connectivity index (χ1n) is 10.9. The number of nitrogens with zero attached hydrogens (tertiary/aromatic N) is 1. The first kappa shape index (κ1) is 21.7. The summed E-state index contributed by atoms with van der Waals surface area (Å²) in [5, 5.41) is 3.68. The number of amides is 1. The van der Waals surface area contributed by atoms with E-state index >= 15 is 0 Å². The average Bonchev–Trinajstić information content (AvgIpc) is 3.10. The molecule has 0 bridgehead atoms. The second kappa shape index (κ2) is 10.1. The van der Waals surface area contributed by atoms with Gasteiger partial charge in [-0.1, -0.05) is 26.0 Å². The van der Waals surface area contributed by atoms with Crippen LogP contribution in [0.2, 0.25) is 0 Å². The second-order valence-corrected chi connectivity index (χ2v) is 9.43. The molecule has 0 radical (unpaired) electrons. The number of halogens is 1. The van der Waals surface area contributed by atoms with Gasteiger partial charge in [0, 0.05) is 26.1 Å². The van der Waals surface area contributed by atoms with Crippen LogP contribution in [0.4, 0.5) is 0 Å². The zero-order valence-corrected chi connectivity index (χ0v) is 18.3. The van der Waals surface area contributed by atoms with Crippen molar-refractivity contribution < 1.29 is 9.63 Å². The molecule has 6 heteroatoms. The van der Waals surface area contributed by atoms with Gasteiger partial charge in [0.15, 0.2) is 0 Å². The number of allylic oxidation sites excluding steroid dienone is 2. The largest absolute Gasteiger partial charge is 0.413 e. The van der Waals surface area contributed by atoms with E-state index in [1.165, 1.54) is 6.42 Å².